The molecule has 1 atom stereocenters. The van der Waals surface area contributed by atoms with Crippen LogP contribution in [0.4, 0.5) is 33.1 Å². The Bertz CT molecular complexity index is 755. The van der Waals surface area contributed by atoms with E-state index in [4.69, 9.17) is 0 Å². The molecule has 0 saturated carbocycles. The molecule has 2 heterocycles. The fourth-order valence-corrected chi connectivity index (χ4v) is 2.66. The van der Waals surface area contributed by atoms with Gasteiger partial charge in [0.1, 0.15) is 5.82 Å². The van der Waals surface area contributed by atoms with Crippen LogP contribution < -0.4 is 20.9 Å². The number of hydrogen-bond donors (Lipinski definition) is 3. The van der Waals surface area contributed by atoms with Gasteiger partial charge in [-0.25, -0.2) is 9.37 Å². The summed E-state index contributed by atoms with van der Waals surface area (Å²) in [5.74, 6) is 0.690. The largest absolute Gasteiger partial charge is 0.373 e. The topological polar surface area (TPSA) is 95.4 Å². The van der Waals surface area contributed by atoms with Crippen molar-refractivity contribution < 1.29 is 9.31 Å². The predicted molar refractivity (Wildman–Crippen MR) is 95.3 cm³/mol. The summed E-state index contributed by atoms with van der Waals surface area (Å²) in [6, 6.07) is 10.2. The standard InChI is InChI=1S/C16H19FN6O2/c1-18-15-7-6-13(23(24)25)16(21-15)20-11-2-4-12(5-3-11)22-9-8-19-14(17)10-22/h2-7,14,19H,8-10H2,1H3,(H2,18,20,21). The van der Waals surface area contributed by atoms with Crippen molar-refractivity contribution in [1.29, 1.82) is 0 Å². The van der Waals surface area contributed by atoms with Crippen molar-refractivity contribution in [3.8, 4) is 0 Å². The zero-order valence-electron chi connectivity index (χ0n) is 13.7. The summed E-state index contributed by atoms with van der Waals surface area (Å²) in [4.78, 5) is 16.8. The van der Waals surface area contributed by atoms with E-state index in [0.29, 0.717) is 24.6 Å². The van der Waals surface area contributed by atoms with Gasteiger partial charge in [-0.1, -0.05) is 0 Å². The number of rotatable bonds is 5. The summed E-state index contributed by atoms with van der Waals surface area (Å²) in [7, 11) is 1.69. The van der Waals surface area contributed by atoms with Crippen LogP contribution in [0.25, 0.3) is 0 Å². The molecule has 1 aromatic carbocycles. The molecular formula is C16H19FN6O2. The highest BCUT2D eigenvalue weighted by Crippen LogP contribution is 2.28. The molecule has 2 aromatic rings. The summed E-state index contributed by atoms with van der Waals surface area (Å²) in [6.07, 6.45) is -1.04. The minimum absolute atomic E-state index is 0.106. The second-order valence-electron chi connectivity index (χ2n) is 5.61. The van der Waals surface area contributed by atoms with Crippen LogP contribution in [0, 0.1) is 10.1 Å². The third-order valence-electron chi connectivity index (χ3n) is 3.95. The molecule has 0 radical (unpaired) electrons. The zero-order chi connectivity index (χ0) is 17.8. The van der Waals surface area contributed by atoms with Crippen molar-refractivity contribution in [2.75, 3.05) is 42.2 Å². The number of nitro groups is 1. The lowest BCUT2D eigenvalue weighted by Crippen LogP contribution is -2.48. The van der Waals surface area contributed by atoms with Gasteiger partial charge in [-0.3, -0.25) is 15.4 Å². The average Bonchev–Trinajstić information content (AvgIpc) is 2.62. The van der Waals surface area contributed by atoms with Gasteiger partial charge in [0, 0.05) is 37.6 Å². The lowest BCUT2D eigenvalue weighted by Gasteiger charge is -2.31. The summed E-state index contributed by atoms with van der Waals surface area (Å²) in [6.45, 7) is 1.61. The van der Waals surface area contributed by atoms with E-state index in [-0.39, 0.29) is 11.5 Å². The van der Waals surface area contributed by atoms with Crippen LogP contribution in [-0.2, 0) is 0 Å². The Morgan fingerprint density at radius 3 is 2.72 bits per heavy atom. The smallest absolute Gasteiger partial charge is 0.311 e. The van der Waals surface area contributed by atoms with Crippen LogP contribution in [0.1, 0.15) is 0 Å². The van der Waals surface area contributed by atoms with Gasteiger partial charge in [-0.15, -0.1) is 0 Å². The molecule has 0 bridgehead atoms. The van der Waals surface area contributed by atoms with Gasteiger partial charge in [-0.2, -0.15) is 0 Å². The Labute approximate surface area is 144 Å². The maximum atomic E-state index is 13.4. The molecule has 0 spiro atoms. The minimum atomic E-state index is -1.04. The van der Waals surface area contributed by atoms with Crippen LogP contribution in [0.15, 0.2) is 36.4 Å². The van der Waals surface area contributed by atoms with Crippen molar-refractivity contribution in [1.82, 2.24) is 10.3 Å². The van der Waals surface area contributed by atoms with E-state index in [9.17, 15) is 14.5 Å². The molecule has 25 heavy (non-hydrogen) atoms. The van der Waals surface area contributed by atoms with Gasteiger partial charge in [0.05, 0.1) is 11.5 Å². The Kier molecular flexibility index (Phi) is 4.94. The molecule has 1 unspecified atom stereocenters. The van der Waals surface area contributed by atoms with E-state index in [1.807, 2.05) is 17.0 Å². The van der Waals surface area contributed by atoms with Gasteiger partial charge < -0.3 is 15.5 Å². The first-order valence-electron chi connectivity index (χ1n) is 7.89. The van der Waals surface area contributed by atoms with Gasteiger partial charge in [0.15, 0.2) is 6.30 Å². The monoisotopic (exact) mass is 346 g/mol. The number of nitrogens with zero attached hydrogens (tertiary/aromatic N) is 3. The van der Waals surface area contributed by atoms with Crippen molar-refractivity contribution >= 4 is 28.7 Å². The highest BCUT2D eigenvalue weighted by atomic mass is 19.1. The van der Waals surface area contributed by atoms with Gasteiger partial charge in [0.2, 0.25) is 5.82 Å². The van der Waals surface area contributed by atoms with E-state index in [1.165, 1.54) is 6.07 Å². The third-order valence-corrected chi connectivity index (χ3v) is 3.95. The lowest BCUT2D eigenvalue weighted by atomic mass is 10.2. The molecule has 3 rings (SSSR count). The Hall–Kier alpha value is -2.94. The molecule has 1 aromatic heterocycles. The van der Waals surface area contributed by atoms with E-state index in [2.05, 4.69) is 20.9 Å². The van der Waals surface area contributed by atoms with Crippen LogP contribution in [0.2, 0.25) is 0 Å². The zero-order valence-corrected chi connectivity index (χ0v) is 13.7. The number of alkyl halides is 1. The average molecular weight is 346 g/mol. The number of hydrogen-bond acceptors (Lipinski definition) is 7. The third kappa shape index (κ3) is 3.94. The number of anilines is 4. The molecule has 0 amide bonds. The molecule has 0 aliphatic carbocycles. The number of halogens is 1. The normalized spacial score (nSPS) is 17.2. The van der Waals surface area contributed by atoms with Crippen LogP contribution in [0.3, 0.4) is 0 Å². The highest BCUT2D eigenvalue weighted by Gasteiger charge is 2.19. The van der Waals surface area contributed by atoms with Crippen LogP contribution >= 0.6 is 0 Å². The quantitative estimate of drug-likeness (QED) is 0.435. The Balaban J connectivity index is 1.78. The molecule has 132 valence electrons. The summed E-state index contributed by atoms with van der Waals surface area (Å²) < 4.78 is 13.4. The highest BCUT2D eigenvalue weighted by molar-refractivity contribution is 5.69. The SMILES string of the molecule is CNc1ccc([N+](=O)[O-])c(Nc2ccc(N3CCNC(F)C3)cc2)n1. The molecular weight excluding hydrogens is 327 g/mol. The number of nitrogens with one attached hydrogen (secondary N) is 3. The van der Waals surface area contributed by atoms with Gasteiger partial charge in [0.25, 0.3) is 0 Å². The number of aromatic nitrogens is 1. The molecule has 1 saturated heterocycles. The maximum Gasteiger partial charge on any atom is 0.311 e. The number of benzene rings is 1. The summed E-state index contributed by atoms with van der Waals surface area (Å²) in [5, 5.41) is 19.7. The fraction of sp³-hybridized carbons (Fsp3) is 0.312. The fourth-order valence-electron chi connectivity index (χ4n) is 2.66. The van der Waals surface area contributed by atoms with Gasteiger partial charge in [-0.05, 0) is 30.3 Å². The van der Waals surface area contributed by atoms with Crippen molar-refractivity contribution in [3.05, 3.63) is 46.5 Å². The van der Waals surface area contributed by atoms with Crippen LogP contribution in [-0.4, -0.2) is 42.9 Å². The van der Waals surface area contributed by atoms with E-state index < -0.39 is 11.2 Å². The van der Waals surface area contributed by atoms with Crippen LogP contribution in [0.5, 0.6) is 0 Å². The molecule has 3 N–H and O–H groups in total. The van der Waals surface area contributed by atoms with Gasteiger partial charge >= 0.3 is 5.69 Å². The molecule has 1 aliphatic rings. The maximum absolute atomic E-state index is 13.4. The molecule has 1 aliphatic heterocycles. The first-order valence-corrected chi connectivity index (χ1v) is 7.89. The summed E-state index contributed by atoms with van der Waals surface area (Å²) in [5.41, 5.74) is 1.46. The number of pyridine rings is 1. The first-order chi connectivity index (χ1) is 12.1. The lowest BCUT2D eigenvalue weighted by molar-refractivity contribution is -0.384. The molecule has 8 nitrogen and oxygen atoms in total. The number of piperazine rings is 1. The summed E-state index contributed by atoms with van der Waals surface area (Å²) >= 11 is 0. The van der Waals surface area contributed by atoms with E-state index in [0.717, 1.165) is 12.2 Å². The Morgan fingerprint density at radius 2 is 2.08 bits per heavy atom. The van der Waals surface area contributed by atoms with E-state index >= 15 is 0 Å². The van der Waals surface area contributed by atoms with Crippen molar-refractivity contribution in [2.45, 2.75) is 6.30 Å². The van der Waals surface area contributed by atoms with E-state index in [1.54, 1.807) is 25.2 Å². The second-order valence-corrected chi connectivity index (χ2v) is 5.61. The Morgan fingerprint density at radius 1 is 1.32 bits per heavy atom. The van der Waals surface area contributed by atoms with Crippen molar-refractivity contribution in [2.24, 2.45) is 0 Å². The molecule has 9 heteroatoms. The predicted octanol–water partition coefficient (Wildman–Crippen LogP) is 2.48. The van der Waals surface area contributed by atoms with Crippen molar-refractivity contribution in [3.63, 3.8) is 0 Å². The second kappa shape index (κ2) is 7.31. The molecule has 1 fully saturated rings. The first kappa shape index (κ1) is 16.9. The minimum Gasteiger partial charge on any atom is -0.373 e.